The van der Waals surface area contributed by atoms with E-state index >= 15 is 0 Å². The molecule has 0 saturated heterocycles. The summed E-state index contributed by atoms with van der Waals surface area (Å²) in [6, 6.07) is 5.67. The van der Waals surface area contributed by atoms with Crippen molar-refractivity contribution < 1.29 is 0 Å². The molecular formula is C15H18BrClN2S. The van der Waals surface area contributed by atoms with Crippen molar-refractivity contribution in [2.45, 2.75) is 38.6 Å². The first kappa shape index (κ1) is 16.0. The number of aromatic nitrogens is 1. The Labute approximate surface area is 137 Å². The third-order valence-electron chi connectivity index (χ3n) is 3.08. The lowest BCUT2D eigenvalue weighted by Crippen LogP contribution is -2.15. The van der Waals surface area contributed by atoms with Crippen molar-refractivity contribution in [2.24, 2.45) is 5.73 Å². The van der Waals surface area contributed by atoms with Gasteiger partial charge in [-0.3, -0.25) is 0 Å². The van der Waals surface area contributed by atoms with Crippen LogP contribution in [0.4, 0.5) is 0 Å². The van der Waals surface area contributed by atoms with Crippen LogP contribution < -0.4 is 5.73 Å². The minimum atomic E-state index is -0.130. The maximum absolute atomic E-state index is 6.26. The summed E-state index contributed by atoms with van der Waals surface area (Å²) in [5, 5.41) is 3.87. The Morgan fingerprint density at radius 2 is 2.10 bits per heavy atom. The van der Waals surface area contributed by atoms with Crippen LogP contribution in [-0.2, 0) is 11.8 Å². The lowest BCUT2D eigenvalue weighted by molar-refractivity contribution is 0.569. The molecule has 1 aromatic heterocycles. The number of thiazole rings is 1. The summed E-state index contributed by atoms with van der Waals surface area (Å²) in [7, 11) is 0. The standard InChI is InChI=1S/C15H18BrClN2S/c1-15(2,3)13-8-20-14(19-13)7-12(18)10-5-4-9(16)6-11(10)17/h4-6,8,12H,7,18H2,1-3H3. The minimum Gasteiger partial charge on any atom is -0.324 e. The van der Waals surface area contributed by atoms with Gasteiger partial charge < -0.3 is 5.73 Å². The molecule has 1 heterocycles. The average molecular weight is 374 g/mol. The highest BCUT2D eigenvalue weighted by Gasteiger charge is 2.19. The van der Waals surface area contributed by atoms with Gasteiger partial charge in [-0.1, -0.05) is 54.4 Å². The second-order valence-electron chi connectivity index (χ2n) is 5.85. The quantitative estimate of drug-likeness (QED) is 0.813. The van der Waals surface area contributed by atoms with Crippen molar-refractivity contribution >= 4 is 38.9 Å². The third kappa shape index (κ3) is 3.82. The fraction of sp³-hybridized carbons (Fsp3) is 0.400. The van der Waals surface area contributed by atoms with Crippen LogP contribution in [0.2, 0.25) is 5.02 Å². The zero-order valence-corrected chi connectivity index (χ0v) is 14.9. The van der Waals surface area contributed by atoms with E-state index in [-0.39, 0.29) is 11.5 Å². The van der Waals surface area contributed by atoms with E-state index in [4.69, 9.17) is 17.3 Å². The largest absolute Gasteiger partial charge is 0.324 e. The Morgan fingerprint density at radius 1 is 1.40 bits per heavy atom. The van der Waals surface area contributed by atoms with E-state index in [1.807, 2.05) is 18.2 Å². The van der Waals surface area contributed by atoms with Crippen LogP contribution in [0.3, 0.4) is 0 Å². The Bertz CT molecular complexity index is 604. The molecule has 0 radical (unpaired) electrons. The van der Waals surface area contributed by atoms with Crippen LogP contribution in [0, 0.1) is 0 Å². The zero-order valence-electron chi connectivity index (χ0n) is 11.8. The molecule has 5 heteroatoms. The average Bonchev–Trinajstić information content (AvgIpc) is 2.76. The summed E-state index contributed by atoms with van der Waals surface area (Å²) in [6.45, 7) is 6.49. The van der Waals surface area contributed by atoms with Gasteiger partial charge >= 0.3 is 0 Å². The predicted octanol–water partition coefficient (Wildman–Crippen LogP) is 5.10. The number of hydrogen-bond donors (Lipinski definition) is 1. The maximum atomic E-state index is 6.26. The van der Waals surface area contributed by atoms with Crippen LogP contribution in [-0.4, -0.2) is 4.98 Å². The van der Waals surface area contributed by atoms with Crippen LogP contribution in [0.15, 0.2) is 28.1 Å². The van der Waals surface area contributed by atoms with Crippen molar-refractivity contribution in [3.63, 3.8) is 0 Å². The van der Waals surface area contributed by atoms with Gasteiger partial charge in [0.05, 0.1) is 10.7 Å². The van der Waals surface area contributed by atoms with Crippen LogP contribution in [0.5, 0.6) is 0 Å². The first-order chi connectivity index (χ1) is 9.27. The molecule has 2 aromatic rings. The van der Waals surface area contributed by atoms with Crippen molar-refractivity contribution in [2.75, 3.05) is 0 Å². The summed E-state index contributed by atoms with van der Waals surface area (Å²) in [6.07, 6.45) is 0.710. The Hall–Kier alpha value is -0.420. The molecule has 0 fully saturated rings. The molecule has 2 nitrogen and oxygen atoms in total. The predicted molar refractivity (Wildman–Crippen MR) is 90.6 cm³/mol. The topological polar surface area (TPSA) is 38.9 Å². The van der Waals surface area contributed by atoms with Crippen LogP contribution in [0.1, 0.15) is 43.1 Å². The number of rotatable bonds is 3. The van der Waals surface area contributed by atoms with Crippen molar-refractivity contribution in [1.29, 1.82) is 0 Å². The smallest absolute Gasteiger partial charge is 0.0947 e. The molecule has 2 rings (SSSR count). The summed E-state index contributed by atoms with van der Waals surface area (Å²) in [5.74, 6) is 0. The minimum absolute atomic E-state index is 0.0775. The molecule has 0 saturated carbocycles. The highest BCUT2D eigenvalue weighted by molar-refractivity contribution is 9.10. The Morgan fingerprint density at radius 3 is 2.65 bits per heavy atom. The second kappa shape index (κ2) is 6.14. The van der Waals surface area contributed by atoms with Gasteiger partial charge in [-0.25, -0.2) is 4.98 Å². The van der Waals surface area contributed by atoms with E-state index in [9.17, 15) is 0 Å². The summed E-state index contributed by atoms with van der Waals surface area (Å²) in [4.78, 5) is 4.68. The normalized spacial score (nSPS) is 13.5. The molecule has 1 unspecified atom stereocenters. The summed E-state index contributed by atoms with van der Waals surface area (Å²) >= 11 is 11.3. The van der Waals surface area contributed by atoms with Gasteiger partial charge in [-0.05, 0) is 17.7 Å². The molecule has 0 aliphatic carbocycles. The monoisotopic (exact) mass is 372 g/mol. The van der Waals surface area contributed by atoms with E-state index in [2.05, 4.69) is 47.1 Å². The number of halogens is 2. The zero-order chi connectivity index (χ0) is 14.9. The maximum Gasteiger partial charge on any atom is 0.0947 e. The summed E-state index contributed by atoms with van der Waals surface area (Å²) < 4.78 is 0.961. The van der Waals surface area contributed by atoms with E-state index in [0.29, 0.717) is 11.4 Å². The van der Waals surface area contributed by atoms with Crippen LogP contribution in [0.25, 0.3) is 0 Å². The van der Waals surface area contributed by atoms with Crippen molar-refractivity contribution in [3.8, 4) is 0 Å². The lowest BCUT2D eigenvalue weighted by atomic mass is 9.93. The third-order valence-corrected chi connectivity index (χ3v) is 4.77. The number of nitrogens with two attached hydrogens (primary N) is 1. The van der Waals surface area contributed by atoms with Crippen LogP contribution >= 0.6 is 38.9 Å². The van der Waals surface area contributed by atoms with Gasteiger partial charge in [0.1, 0.15) is 0 Å². The van der Waals surface area contributed by atoms with E-state index in [0.717, 1.165) is 20.7 Å². The first-order valence-electron chi connectivity index (χ1n) is 6.43. The van der Waals surface area contributed by atoms with Gasteiger partial charge in [0, 0.05) is 32.8 Å². The van der Waals surface area contributed by atoms with Gasteiger partial charge in [0.15, 0.2) is 0 Å². The molecule has 0 aliphatic heterocycles. The molecular weight excluding hydrogens is 356 g/mol. The Balaban J connectivity index is 2.15. The summed E-state index contributed by atoms with van der Waals surface area (Å²) in [5.41, 5.74) is 8.42. The van der Waals surface area contributed by atoms with Gasteiger partial charge in [0.2, 0.25) is 0 Å². The van der Waals surface area contributed by atoms with E-state index in [1.165, 1.54) is 0 Å². The second-order valence-corrected chi connectivity index (χ2v) is 8.12. The Kier molecular flexibility index (Phi) is 4.90. The highest BCUT2D eigenvalue weighted by Crippen LogP contribution is 2.29. The molecule has 0 amide bonds. The molecule has 1 atom stereocenters. The highest BCUT2D eigenvalue weighted by atomic mass is 79.9. The van der Waals surface area contributed by atoms with E-state index in [1.54, 1.807) is 11.3 Å². The van der Waals surface area contributed by atoms with Crippen molar-refractivity contribution in [1.82, 2.24) is 4.98 Å². The van der Waals surface area contributed by atoms with Crippen molar-refractivity contribution in [3.05, 3.63) is 49.3 Å². The number of nitrogens with zero attached hydrogens (tertiary/aromatic N) is 1. The SMILES string of the molecule is CC(C)(C)c1csc(CC(N)c2ccc(Br)cc2Cl)n1. The van der Waals surface area contributed by atoms with Gasteiger partial charge in [0.25, 0.3) is 0 Å². The molecule has 0 aliphatic rings. The van der Waals surface area contributed by atoms with Gasteiger partial charge in [-0.15, -0.1) is 11.3 Å². The fourth-order valence-electron chi connectivity index (χ4n) is 1.85. The molecule has 1 aromatic carbocycles. The first-order valence-corrected chi connectivity index (χ1v) is 8.48. The number of benzene rings is 1. The molecule has 0 bridgehead atoms. The molecule has 20 heavy (non-hydrogen) atoms. The lowest BCUT2D eigenvalue weighted by Gasteiger charge is -2.15. The molecule has 108 valence electrons. The molecule has 0 spiro atoms. The van der Waals surface area contributed by atoms with E-state index < -0.39 is 0 Å². The van der Waals surface area contributed by atoms with Gasteiger partial charge in [-0.2, -0.15) is 0 Å². The molecule has 2 N–H and O–H groups in total. The number of hydrogen-bond acceptors (Lipinski definition) is 3. The fourth-order valence-corrected chi connectivity index (χ4v) is 3.74.